The number of nitrogens with zero attached hydrogens (tertiary/aromatic N) is 2. The van der Waals surface area contributed by atoms with E-state index in [1.807, 2.05) is 12.3 Å². The van der Waals surface area contributed by atoms with Crippen LogP contribution in [0.4, 0.5) is 0 Å². The van der Waals surface area contributed by atoms with Crippen LogP contribution in [0.3, 0.4) is 0 Å². The fourth-order valence-corrected chi connectivity index (χ4v) is 1.94. The Morgan fingerprint density at radius 1 is 1.75 bits per heavy atom. The Morgan fingerprint density at radius 2 is 2.58 bits per heavy atom. The first kappa shape index (κ1) is 9.86. The summed E-state index contributed by atoms with van der Waals surface area (Å²) < 4.78 is 8.12. The van der Waals surface area contributed by atoms with Crippen LogP contribution < -0.4 is 0 Å². The predicted molar refractivity (Wildman–Crippen MR) is 55.7 cm³/mol. The van der Waals surface area contributed by atoms with Crippen molar-refractivity contribution in [1.82, 2.24) is 8.75 Å². The topological polar surface area (TPSA) is 25.8 Å². The van der Waals surface area contributed by atoms with Crippen LogP contribution in [0.25, 0.3) is 0 Å². The highest BCUT2D eigenvalue weighted by Gasteiger charge is 2.07. The van der Waals surface area contributed by atoms with Crippen molar-refractivity contribution in [2.45, 2.75) is 12.8 Å². The number of rotatable bonds is 5. The second-order valence-corrected chi connectivity index (χ2v) is 3.85. The first-order valence-electron chi connectivity index (χ1n) is 3.80. The van der Waals surface area contributed by atoms with Gasteiger partial charge in [-0.1, -0.05) is 22.0 Å². The molecule has 1 heterocycles. The highest BCUT2D eigenvalue weighted by molar-refractivity contribution is 9.09. The smallest absolute Gasteiger partial charge is 0.0746 e. The van der Waals surface area contributed by atoms with E-state index in [4.69, 9.17) is 0 Å². The Kier molecular flexibility index (Phi) is 4.46. The van der Waals surface area contributed by atoms with Crippen LogP contribution in [-0.4, -0.2) is 14.1 Å². The third-order valence-corrected chi connectivity index (χ3v) is 3.05. The lowest BCUT2D eigenvalue weighted by Crippen LogP contribution is -2.04. The average Bonchev–Trinajstić information content (AvgIpc) is 2.56. The van der Waals surface area contributed by atoms with Gasteiger partial charge in [0.1, 0.15) is 0 Å². The minimum absolute atomic E-state index is 0.603. The van der Waals surface area contributed by atoms with Gasteiger partial charge >= 0.3 is 0 Å². The molecule has 0 amide bonds. The Morgan fingerprint density at radius 3 is 3.08 bits per heavy atom. The zero-order valence-corrected chi connectivity index (χ0v) is 9.14. The van der Waals surface area contributed by atoms with Crippen molar-refractivity contribution in [2.75, 3.05) is 5.33 Å². The van der Waals surface area contributed by atoms with Crippen LogP contribution in [0.1, 0.15) is 12.1 Å². The van der Waals surface area contributed by atoms with Crippen molar-refractivity contribution in [2.24, 2.45) is 5.92 Å². The van der Waals surface area contributed by atoms with E-state index in [2.05, 4.69) is 31.3 Å². The van der Waals surface area contributed by atoms with E-state index in [0.717, 1.165) is 23.9 Å². The van der Waals surface area contributed by atoms with E-state index >= 15 is 0 Å². The molecule has 0 bridgehead atoms. The minimum Gasteiger partial charge on any atom is -0.181 e. The van der Waals surface area contributed by atoms with Crippen molar-refractivity contribution in [3.8, 4) is 0 Å². The van der Waals surface area contributed by atoms with E-state index < -0.39 is 0 Å². The maximum atomic E-state index is 4.16. The van der Waals surface area contributed by atoms with Crippen molar-refractivity contribution < 1.29 is 0 Å². The molecule has 0 aromatic carbocycles. The van der Waals surface area contributed by atoms with Crippen LogP contribution in [0.5, 0.6) is 0 Å². The van der Waals surface area contributed by atoms with Gasteiger partial charge < -0.3 is 0 Å². The summed E-state index contributed by atoms with van der Waals surface area (Å²) in [6, 6.07) is 0. The molecule has 0 radical (unpaired) electrons. The minimum atomic E-state index is 0.603. The van der Waals surface area contributed by atoms with Gasteiger partial charge in [0.15, 0.2) is 0 Å². The molecular weight excluding hydrogens is 236 g/mol. The van der Waals surface area contributed by atoms with Crippen LogP contribution in [0.2, 0.25) is 0 Å². The third-order valence-electron chi connectivity index (χ3n) is 1.62. The quantitative estimate of drug-likeness (QED) is 0.590. The Labute approximate surface area is 85.2 Å². The van der Waals surface area contributed by atoms with E-state index in [9.17, 15) is 0 Å². The molecule has 0 N–H and O–H groups in total. The lowest BCUT2D eigenvalue weighted by atomic mass is 10.0. The Balaban J connectivity index is 2.42. The van der Waals surface area contributed by atoms with Crippen molar-refractivity contribution in [3.63, 3.8) is 0 Å². The van der Waals surface area contributed by atoms with Crippen molar-refractivity contribution >= 4 is 27.7 Å². The molecule has 4 heteroatoms. The van der Waals surface area contributed by atoms with Gasteiger partial charge in [0.25, 0.3) is 0 Å². The molecule has 0 spiro atoms. The Bertz CT molecular complexity index is 223. The number of hydrogen-bond acceptors (Lipinski definition) is 3. The monoisotopic (exact) mass is 246 g/mol. The maximum Gasteiger partial charge on any atom is 0.0746 e. The SMILES string of the molecule is C=CCC(CBr)Cc1cnsn1. The van der Waals surface area contributed by atoms with Gasteiger partial charge in [-0.25, -0.2) is 0 Å². The molecule has 0 aliphatic rings. The third kappa shape index (κ3) is 3.03. The summed E-state index contributed by atoms with van der Waals surface area (Å²) in [5, 5.41) is 0.997. The maximum absolute atomic E-state index is 4.16. The summed E-state index contributed by atoms with van der Waals surface area (Å²) in [6.07, 6.45) is 5.81. The summed E-state index contributed by atoms with van der Waals surface area (Å²) in [5.74, 6) is 0.603. The Hall–Kier alpha value is -0.220. The molecule has 0 fully saturated rings. The molecule has 0 saturated heterocycles. The van der Waals surface area contributed by atoms with Gasteiger partial charge in [-0.2, -0.15) is 8.75 Å². The lowest BCUT2D eigenvalue weighted by molar-refractivity contribution is 0.598. The molecule has 0 aliphatic heterocycles. The molecule has 1 atom stereocenters. The molecule has 1 aromatic heterocycles. The molecule has 66 valence electrons. The summed E-state index contributed by atoms with van der Waals surface area (Å²) in [4.78, 5) is 0. The highest BCUT2D eigenvalue weighted by Crippen LogP contribution is 2.13. The summed E-state index contributed by atoms with van der Waals surface area (Å²) >= 11 is 4.74. The molecule has 1 unspecified atom stereocenters. The van der Waals surface area contributed by atoms with Gasteiger partial charge in [-0.05, 0) is 18.8 Å². The van der Waals surface area contributed by atoms with Crippen LogP contribution in [-0.2, 0) is 6.42 Å². The highest BCUT2D eigenvalue weighted by atomic mass is 79.9. The fourth-order valence-electron chi connectivity index (χ4n) is 1.01. The van der Waals surface area contributed by atoms with Gasteiger partial charge in [-0.15, -0.1) is 6.58 Å². The summed E-state index contributed by atoms with van der Waals surface area (Å²) in [7, 11) is 0. The number of alkyl halides is 1. The van der Waals surface area contributed by atoms with Gasteiger partial charge in [0.2, 0.25) is 0 Å². The molecule has 0 saturated carbocycles. The predicted octanol–water partition coefficient (Wildman–Crippen LogP) is 2.67. The average molecular weight is 247 g/mol. The first-order chi connectivity index (χ1) is 5.86. The van der Waals surface area contributed by atoms with Gasteiger partial charge in [-0.3, -0.25) is 0 Å². The number of halogens is 1. The number of hydrogen-bond donors (Lipinski definition) is 0. The van der Waals surface area contributed by atoms with Crippen molar-refractivity contribution in [1.29, 1.82) is 0 Å². The molecule has 1 rings (SSSR count). The molecule has 2 nitrogen and oxygen atoms in total. The molecule has 12 heavy (non-hydrogen) atoms. The van der Waals surface area contributed by atoms with E-state index in [0.29, 0.717) is 5.92 Å². The van der Waals surface area contributed by atoms with Crippen molar-refractivity contribution in [3.05, 3.63) is 24.5 Å². The molecule has 0 aliphatic carbocycles. The summed E-state index contributed by atoms with van der Waals surface area (Å²) in [5.41, 5.74) is 1.09. The normalized spacial score (nSPS) is 12.8. The second-order valence-electron chi connectivity index (χ2n) is 2.65. The van der Waals surface area contributed by atoms with Gasteiger partial charge in [0, 0.05) is 5.33 Å². The van der Waals surface area contributed by atoms with E-state index in [1.54, 1.807) is 0 Å². The standard InChI is InChI=1S/C8H11BrN2S/c1-2-3-7(5-9)4-8-6-10-12-11-8/h2,6-7H,1,3-5H2. The molecule has 1 aromatic rings. The number of allylic oxidation sites excluding steroid dienone is 1. The zero-order chi connectivity index (χ0) is 8.81. The first-order valence-corrected chi connectivity index (χ1v) is 5.65. The fraction of sp³-hybridized carbons (Fsp3) is 0.500. The van der Waals surface area contributed by atoms with Crippen LogP contribution >= 0.6 is 27.7 Å². The van der Waals surface area contributed by atoms with Crippen LogP contribution in [0, 0.1) is 5.92 Å². The number of aromatic nitrogens is 2. The molecular formula is C8H11BrN2S. The second kappa shape index (κ2) is 5.43. The van der Waals surface area contributed by atoms with E-state index in [1.165, 1.54) is 11.7 Å². The van der Waals surface area contributed by atoms with Gasteiger partial charge in [0.05, 0.1) is 23.6 Å². The lowest BCUT2D eigenvalue weighted by Gasteiger charge is -2.07. The zero-order valence-electron chi connectivity index (χ0n) is 6.74. The van der Waals surface area contributed by atoms with E-state index in [-0.39, 0.29) is 0 Å². The summed E-state index contributed by atoms with van der Waals surface area (Å²) in [6.45, 7) is 3.72. The van der Waals surface area contributed by atoms with Crippen LogP contribution in [0.15, 0.2) is 18.9 Å². The largest absolute Gasteiger partial charge is 0.181 e.